The quantitative estimate of drug-likeness (QED) is 0.724. The number of ether oxygens (including phenoxy) is 1. The predicted octanol–water partition coefficient (Wildman–Crippen LogP) is 3.73. The molecule has 2 aromatic rings. The van der Waals surface area contributed by atoms with Crippen molar-refractivity contribution in [3.63, 3.8) is 0 Å². The van der Waals surface area contributed by atoms with Crippen LogP contribution in [0.25, 0.3) is 0 Å². The van der Waals surface area contributed by atoms with E-state index in [1.54, 1.807) is 0 Å². The van der Waals surface area contributed by atoms with Crippen molar-refractivity contribution < 1.29 is 4.74 Å². The van der Waals surface area contributed by atoms with E-state index in [4.69, 9.17) is 4.74 Å². The molecule has 18 heavy (non-hydrogen) atoms. The van der Waals surface area contributed by atoms with E-state index < -0.39 is 0 Å². The summed E-state index contributed by atoms with van der Waals surface area (Å²) in [6.07, 6.45) is 2.13. The highest BCUT2D eigenvalue weighted by Gasteiger charge is 2.56. The van der Waals surface area contributed by atoms with Gasteiger partial charge in [0, 0.05) is 5.92 Å². The van der Waals surface area contributed by atoms with Crippen molar-refractivity contribution in [2.24, 2.45) is 0 Å². The Kier molecular flexibility index (Phi) is 2.27. The van der Waals surface area contributed by atoms with E-state index in [1.165, 1.54) is 17.5 Å². The van der Waals surface area contributed by atoms with Crippen LogP contribution >= 0.6 is 0 Å². The third-order valence-electron chi connectivity index (χ3n) is 4.31. The standard InChI is InChI=1S/C17H16O/c1-3-7-12(8-4-1)14-11-15-17(18-15)16(14)13-9-5-2-6-10-13/h1-10,14-17H,11H2. The highest BCUT2D eigenvalue weighted by atomic mass is 16.6. The van der Waals surface area contributed by atoms with Gasteiger partial charge in [0.05, 0.1) is 12.2 Å². The maximum atomic E-state index is 5.77. The van der Waals surface area contributed by atoms with Gasteiger partial charge in [-0.15, -0.1) is 0 Å². The highest BCUT2D eigenvalue weighted by molar-refractivity contribution is 5.35. The fourth-order valence-corrected chi connectivity index (χ4v) is 3.43. The summed E-state index contributed by atoms with van der Waals surface area (Å²) < 4.78 is 5.77. The molecule has 4 atom stereocenters. The molecule has 4 unspecified atom stereocenters. The molecule has 0 radical (unpaired) electrons. The molecule has 1 heterocycles. The molecule has 2 aromatic carbocycles. The minimum Gasteiger partial charge on any atom is -0.369 e. The van der Waals surface area contributed by atoms with Crippen LogP contribution in [0.2, 0.25) is 0 Å². The Morgan fingerprint density at radius 2 is 1.39 bits per heavy atom. The van der Waals surface area contributed by atoms with Crippen LogP contribution in [0.1, 0.15) is 29.4 Å². The average Bonchev–Trinajstić information content (AvgIpc) is 3.11. The largest absolute Gasteiger partial charge is 0.369 e. The van der Waals surface area contributed by atoms with Crippen molar-refractivity contribution in [2.75, 3.05) is 0 Å². The highest BCUT2D eigenvalue weighted by Crippen LogP contribution is 2.55. The SMILES string of the molecule is c1ccc(C2CC3OC3C2c2ccccc2)cc1. The molecular weight excluding hydrogens is 220 g/mol. The van der Waals surface area contributed by atoms with Gasteiger partial charge in [0.2, 0.25) is 0 Å². The molecule has 1 saturated carbocycles. The summed E-state index contributed by atoms with van der Waals surface area (Å²) in [4.78, 5) is 0. The van der Waals surface area contributed by atoms with Crippen LogP contribution in [0.15, 0.2) is 60.7 Å². The Labute approximate surface area is 107 Å². The molecule has 2 fully saturated rings. The minimum atomic E-state index is 0.456. The Morgan fingerprint density at radius 1 is 0.778 bits per heavy atom. The fraction of sp³-hybridized carbons (Fsp3) is 0.294. The van der Waals surface area contributed by atoms with Gasteiger partial charge < -0.3 is 4.74 Å². The number of rotatable bonds is 2. The van der Waals surface area contributed by atoms with E-state index in [2.05, 4.69) is 60.7 Å². The third-order valence-corrected chi connectivity index (χ3v) is 4.31. The fourth-order valence-electron chi connectivity index (χ4n) is 3.43. The minimum absolute atomic E-state index is 0.456. The normalized spacial score (nSPS) is 33.1. The van der Waals surface area contributed by atoms with Crippen molar-refractivity contribution in [1.29, 1.82) is 0 Å². The number of hydrogen-bond donors (Lipinski definition) is 0. The molecule has 1 saturated heterocycles. The molecule has 0 bridgehead atoms. The van der Waals surface area contributed by atoms with E-state index >= 15 is 0 Å². The average molecular weight is 236 g/mol. The Balaban J connectivity index is 1.72. The molecule has 1 nitrogen and oxygen atoms in total. The maximum absolute atomic E-state index is 5.77. The molecule has 0 N–H and O–H groups in total. The second-order valence-corrected chi connectivity index (χ2v) is 5.33. The van der Waals surface area contributed by atoms with Gasteiger partial charge in [-0.3, -0.25) is 0 Å². The zero-order valence-electron chi connectivity index (χ0n) is 10.2. The van der Waals surface area contributed by atoms with Crippen molar-refractivity contribution >= 4 is 0 Å². The second kappa shape index (κ2) is 3.96. The maximum Gasteiger partial charge on any atom is 0.0916 e. The van der Waals surface area contributed by atoms with Crippen LogP contribution in [0.4, 0.5) is 0 Å². The lowest BCUT2D eigenvalue weighted by Crippen LogP contribution is -2.11. The lowest BCUT2D eigenvalue weighted by Gasteiger charge is -2.22. The summed E-state index contributed by atoms with van der Waals surface area (Å²) in [6.45, 7) is 0. The van der Waals surface area contributed by atoms with Gasteiger partial charge in [0.1, 0.15) is 0 Å². The van der Waals surface area contributed by atoms with Crippen LogP contribution in [-0.4, -0.2) is 12.2 Å². The van der Waals surface area contributed by atoms with Crippen molar-refractivity contribution in [2.45, 2.75) is 30.5 Å². The summed E-state index contributed by atoms with van der Waals surface area (Å²) in [7, 11) is 0. The number of fused-ring (bicyclic) bond motifs is 1. The molecular formula is C17H16O. The molecule has 4 rings (SSSR count). The van der Waals surface area contributed by atoms with E-state index in [0.29, 0.717) is 24.0 Å². The van der Waals surface area contributed by atoms with Crippen LogP contribution < -0.4 is 0 Å². The first-order valence-electron chi connectivity index (χ1n) is 6.69. The summed E-state index contributed by atoms with van der Waals surface area (Å²) in [5.74, 6) is 1.16. The van der Waals surface area contributed by atoms with E-state index in [9.17, 15) is 0 Å². The second-order valence-electron chi connectivity index (χ2n) is 5.33. The Bertz CT molecular complexity index is 534. The van der Waals surface area contributed by atoms with Crippen molar-refractivity contribution in [3.05, 3.63) is 71.8 Å². The van der Waals surface area contributed by atoms with Gasteiger partial charge in [-0.25, -0.2) is 0 Å². The molecule has 1 aliphatic carbocycles. The summed E-state index contributed by atoms with van der Waals surface area (Å²) in [5, 5.41) is 0. The van der Waals surface area contributed by atoms with Gasteiger partial charge >= 0.3 is 0 Å². The Hall–Kier alpha value is -1.60. The van der Waals surface area contributed by atoms with E-state index in [-0.39, 0.29) is 0 Å². The smallest absolute Gasteiger partial charge is 0.0916 e. The zero-order valence-corrected chi connectivity index (χ0v) is 10.2. The topological polar surface area (TPSA) is 12.5 Å². The van der Waals surface area contributed by atoms with Crippen LogP contribution in [0, 0.1) is 0 Å². The van der Waals surface area contributed by atoms with E-state index in [0.717, 1.165) is 0 Å². The van der Waals surface area contributed by atoms with E-state index in [1.807, 2.05) is 0 Å². The van der Waals surface area contributed by atoms with Gasteiger partial charge in [-0.1, -0.05) is 60.7 Å². The molecule has 1 heteroatoms. The summed E-state index contributed by atoms with van der Waals surface area (Å²) in [6, 6.07) is 21.7. The number of epoxide rings is 1. The molecule has 0 spiro atoms. The van der Waals surface area contributed by atoms with Crippen molar-refractivity contribution in [3.8, 4) is 0 Å². The first-order chi connectivity index (χ1) is 8.93. The lowest BCUT2D eigenvalue weighted by atomic mass is 9.83. The molecule has 0 amide bonds. The summed E-state index contributed by atoms with van der Waals surface area (Å²) >= 11 is 0. The first-order valence-corrected chi connectivity index (χ1v) is 6.69. The third kappa shape index (κ3) is 1.58. The van der Waals surface area contributed by atoms with Crippen LogP contribution in [0.5, 0.6) is 0 Å². The number of hydrogen-bond acceptors (Lipinski definition) is 1. The van der Waals surface area contributed by atoms with Crippen LogP contribution in [0.3, 0.4) is 0 Å². The van der Waals surface area contributed by atoms with Gasteiger partial charge in [0.15, 0.2) is 0 Å². The Morgan fingerprint density at radius 3 is 2.06 bits per heavy atom. The molecule has 0 aromatic heterocycles. The van der Waals surface area contributed by atoms with Crippen molar-refractivity contribution in [1.82, 2.24) is 0 Å². The first kappa shape index (κ1) is 10.3. The number of benzene rings is 2. The summed E-state index contributed by atoms with van der Waals surface area (Å²) in [5.41, 5.74) is 2.89. The molecule has 1 aliphatic heterocycles. The van der Waals surface area contributed by atoms with Crippen LogP contribution in [-0.2, 0) is 4.74 Å². The van der Waals surface area contributed by atoms with Gasteiger partial charge in [-0.05, 0) is 23.5 Å². The van der Waals surface area contributed by atoms with Gasteiger partial charge in [-0.2, -0.15) is 0 Å². The predicted molar refractivity (Wildman–Crippen MR) is 71.6 cm³/mol. The lowest BCUT2D eigenvalue weighted by molar-refractivity contribution is 0.281. The molecule has 90 valence electrons. The zero-order chi connectivity index (χ0) is 11.9. The monoisotopic (exact) mass is 236 g/mol. The van der Waals surface area contributed by atoms with Gasteiger partial charge in [0.25, 0.3) is 0 Å². The molecule has 2 aliphatic rings.